The first-order valence-corrected chi connectivity index (χ1v) is 14.3. The summed E-state index contributed by atoms with van der Waals surface area (Å²) in [7, 11) is 1.58. The van der Waals surface area contributed by atoms with Gasteiger partial charge < -0.3 is 28.8 Å². The van der Waals surface area contributed by atoms with Gasteiger partial charge in [0, 0.05) is 7.11 Å². The third kappa shape index (κ3) is 6.55. The van der Waals surface area contributed by atoms with Gasteiger partial charge in [0.1, 0.15) is 24.4 Å². The van der Waals surface area contributed by atoms with Gasteiger partial charge in [0.2, 0.25) is 0 Å². The van der Waals surface area contributed by atoms with Crippen LogP contribution in [0.1, 0.15) is 16.7 Å². The molecule has 216 valence electrons. The van der Waals surface area contributed by atoms with Gasteiger partial charge in [-0.1, -0.05) is 103 Å². The van der Waals surface area contributed by atoms with E-state index < -0.39 is 30.7 Å². The Morgan fingerprint density at radius 1 is 0.548 bits per heavy atom. The van der Waals surface area contributed by atoms with Crippen molar-refractivity contribution < 1.29 is 28.8 Å². The van der Waals surface area contributed by atoms with E-state index in [1.54, 1.807) is 7.11 Å². The standard InChI is InChI=1S/C36H36O6/c1-38-36-35(41-24-27-16-18-29-12-6-8-14-31(29)20-27)34(40-23-26-15-17-28-11-5-7-13-30(28)19-26)33(32(21-37)42-36)39-22-25-9-3-2-4-10-25/h2-20,32-37H,21-24H2,1H3/t32-,33+,34+,35-,36+/m1/s1. The summed E-state index contributed by atoms with van der Waals surface area (Å²) in [6.45, 7) is 0.775. The molecule has 6 heteroatoms. The Bertz CT molecular complexity index is 1590. The third-order valence-corrected chi connectivity index (χ3v) is 7.80. The lowest BCUT2D eigenvalue weighted by molar-refractivity contribution is -0.321. The molecule has 6 nitrogen and oxygen atoms in total. The molecule has 1 aliphatic rings. The first kappa shape index (κ1) is 28.5. The summed E-state index contributed by atoms with van der Waals surface area (Å²) in [5, 5.41) is 15.0. The Morgan fingerprint density at radius 2 is 1.05 bits per heavy atom. The van der Waals surface area contributed by atoms with Gasteiger partial charge in [0.25, 0.3) is 0 Å². The van der Waals surface area contributed by atoms with Crippen molar-refractivity contribution in [2.45, 2.75) is 50.5 Å². The summed E-state index contributed by atoms with van der Waals surface area (Å²) in [5.74, 6) is 0. The molecule has 1 fully saturated rings. The van der Waals surface area contributed by atoms with Crippen molar-refractivity contribution in [1.82, 2.24) is 0 Å². The Balaban J connectivity index is 1.27. The normalized spacial score (nSPS) is 22.5. The maximum absolute atomic E-state index is 10.3. The van der Waals surface area contributed by atoms with Crippen molar-refractivity contribution in [2.75, 3.05) is 13.7 Å². The van der Waals surface area contributed by atoms with Gasteiger partial charge in [-0.05, 0) is 50.4 Å². The van der Waals surface area contributed by atoms with Crippen LogP contribution in [0.2, 0.25) is 0 Å². The minimum absolute atomic E-state index is 0.244. The number of methoxy groups -OCH3 is 1. The maximum atomic E-state index is 10.3. The van der Waals surface area contributed by atoms with E-state index in [1.807, 2.05) is 54.6 Å². The molecule has 0 aliphatic carbocycles. The Hall–Kier alpha value is -3.62. The SMILES string of the molecule is CO[C@H]1O[C@H](CO)[C@H](OCc2ccccc2)[C@H](OCc2ccc3ccccc3c2)[C@H]1OCc1ccc2ccccc2c1. The van der Waals surface area contributed by atoms with E-state index in [-0.39, 0.29) is 6.61 Å². The minimum Gasteiger partial charge on any atom is -0.394 e. The highest BCUT2D eigenvalue weighted by Crippen LogP contribution is 2.31. The van der Waals surface area contributed by atoms with Gasteiger partial charge in [-0.25, -0.2) is 0 Å². The van der Waals surface area contributed by atoms with Crippen molar-refractivity contribution in [3.05, 3.63) is 132 Å². The molecule has 0 radical (unpaired) electrons. The van der Waals surface area contributed by atoms with Crippen molar-refractivity contribution in [1.29, 1.82) is 0 Å². The van der Waals surface area contributed by atoms with Crippen LogP contribution in [0.15, 0.2) is 115 Å². The number of ether oxygens (including phenoxy) is 5. The van der Waals surface area contributed by atoms with Crippen LogP contribution in [0.5, 0.6) is 0 Å². The Kier molecular flexibility index (Phi) is 9.21. The second kappa shape index (κ2) is 13.6. The van der Waals surface area contributed by atoms with Crippen LogP contribution in [-0.2, 0) is 43.5 Å². The fourth-order valence-electron chi connectivity index (χ4n) is 5.59. The zero-order valence-corrected chi connectivity index (χ0v) is 23.7. The summed E-state index contributed by atoms with van der Waals surface area (Å²) in [4.78, 5) is 0. The van der Waals surface area contributed by atoms with Crippen LogP contribution in [-0.4, -0.2) is 49.5 Å². The number of hydrogen-bond donors (Lipinski definition) is 1. The zero-order chi connectivity index (χ0) is 28.7. The van der Waals surface area contributed by atoms with Crippen molar-refractivity contribution >= 4 is 21.5 Å². The summed E-state index contributed by atoms with van der Waals surface area (Å²) in [6.07, 6.45) is -3.17. The van der Waals surface area contributed by atoms with Gasteiger partial charge in [0.05, 0.1) is 26.4 Å². The van der Waals surface area contributed by atoms with Crippen LogP contribution in [0.25, 0.3) is 21.5 Å². The average Bonchev–Trinajstić information content (AvgIpc) is 3.05. The monoisotopic (exact) mass is 564 g/mol. The second-order valence-electron chi connectivity index (χ2n) is 10.6. The highest BCUT2D eigenvalue weighted by atomic mass is 16.7. The van der Waals surface area contributed by atoms with Crippen LogP contribution in [0, 0.1) is 0 Å². The molecule has 0 spiro atoms. The molecule has 6 rings (SSSR count). The van der Waals surface area contributed by atoms with E-state index in [4.69, 9.17) is 23.7 Å². The quantitative estimate of drug-likeness (QED) is 0.200. The number of aliphatic hydroxyl groups is 1. The highest BCUT2D eigenvalue weighted by molar-refractivity contribution is 5.83. The molecular formula is C36H36O6. The van der Waals surface area contributed by atoms with E-state index in [0.29, 0.717) is 19.8 Å². The first-order valence-electron chi connectivity index (χ1n) is 14.3. The lowest BCUT2D eigenvalue weighted by atomic mass is 9.97. The minimum atomic E-state index is -0.749. The Morgan fingerprint density at radius 3 is 1.62 bits per heavy atom. The van der Waals surface area contributed by atoms with Gasteiger partial charge in [-0.2, -0.15) is 0 Å². The van der Waals surface area contributed by atoms with E-state index in [2.05, 4.69) is 60.7 Å². The molecule has 42 heavy (non-hydrogen) atoms. The molecular weight excluding hydrogens is 528 g/mol. The lowest BCUT2D eigenvalue weighted by Crippen LogP contribution is -2.61. The molecule has 5 aromatic carbocycles. The van der Waals surface area contributed by atoms with Gasteiger partial charge in [0.15, 0.2) is 6.29 Å². The molecule has 1 saturated heterocycles. The number of benzene rings is 5. The molecule has 1 heterocycles. The van der Waals surface area contributed by atoms with Crippen molar-refractivity contribution in [3.63, 3.8) is 0 Å². The Labute approximate surface area is 246 Å². The molecule has 0 aromatic heterocycles. The average molecular weight is 565 g/mol. The lowest BCUT2D eigenvalue weighted by Gasteiger charge is -2.45. The largest absolute Gasteiger partial charge is 0.394 e. The second-order valence-corrected chi connectivity index (χ2v) is 10.6. The van der Waals surface area contributed by atoms with E-state index in [9.17, 15) is 5.11 Å². The van der Waals surface area contributed by atoms with Crippen LogP contribution < -0.4 is 0 Å². The van der Waals surface area contributed by atoms with Gasteiger partial charge in [-0.15, -0.1) is 0 Å². The molecule has 0 amide bonds. The summed E-state index contributed by atoms with van der Waals surface area (Å²) in [6, 6.07) is 39.1. The van der Waals surface area contributed by atoms with Crippen LogP contribution in [0.4, 0.5) is 0 Å². The molecule has 5 aromatic rings. The summed E-state index contributed by atoms with van der Waals surface area (Å²) >= 11 is 0. The van der Waals surface area contributed by atoms with E-state index in [0.717, 1.165) is 27.5 Å². The molecule has 5 atom stereocenters. The van der Waals surface area contributed by atoms with Gasteiger partial charge in [-0.3, -0.25) is 0 Å². The summed E-state index contributed by atoms with van der Waals surface area (Å²) < 4.78 is 31.5. The number of fused-ring (bicyclic) bond motifs is 2. The molecule has 0 unspecified atom stereocenters. The molecule has 0 saturated carbocycles. The highest BCUT2D eigenvalue weighted by Gasteiger charge is 2.48. The predicted molar refractivity (Wildman–Crippen MR) is 163 cm³/mol. The first-order chi connectivity index (χ1) is 20.7. The molecule has 1 N–H and O–H groups in total. The maximum Gasteiger partial charge on any atom is 0.186 e. The number of hydrogen-bond acceptors (Lipinski definition) is 6. The third-order valence-electron chi connectivity index (χ3n) is 7.80. The van der Waals surface area contributed by atoms with Crippen molar-refractivity contribution in [2.24, 2.45) is 0 Å². The van der Waals surface area contributed by atoms with E-state index >= 15 is 0 Å². The fourth-order valence-corrected chi connectivity index (χ4v) is 5.59. The van der Waals surface area contributed by atoms with Crippen LogP contribution in [0.3, 0.4) is 0 Å². The molecule has 1 aliphatic heterocycles. The van der Waals surface area contributed by atoms with Crippen molar-refractivity contribution in [3.8, 4) is 0 Å². The number of rotatable bonds is 11. The van der Waals surface area contributed by atoms with Gasteiger partial charge >= 0.3 is 0 Å². The fraction of sp³-hybridized carbons (Fsp3) is 0.278. The molecule has 0 bridgehead atoms. The topological polar surface area (TPSA) is 66.4 Å². The zero-order valence-electron chi connectivity index (χ0n) is 23.7. The number of aliphatic hydroxyl groups excluding tert-OH is 1. The summed E-state index contributed by atoms with van der Waals surface area (Å²) in [5.41, 5.74) is 3.08. The predicted octanol–water partition coefficient (Wildman–Crippen LogP) is 6.41. The van der Waals surface area contributed by atoms with E-state index in [1.165, 1.54) is 10.8 Å². The smallest absolute Gasteiger partial charge is 0.186 e. The van der Waals surface area contributed by atoms with Crippen LogP contribution >= 0.6 is 0 Å².